The topological polar surface area (TPSA) is 0 Å². The van der Waals surface area contributed by atoms with E-state index in [9.17, 15) is 0 Å². The van der Waals surface area contributed by atoms with Gasteiger partial charge in [0, 0.05) is 0 Å². The average molecular weight is 158 g/mol. The molecule has 0 bridgehead atoms. The van der Waals surface area contributed by atoms with Gasteiger partial charge in [-0.2, -0.15) is 0 Å². The molecule has 1 atom stereocenters. The van der Waals surface area contributed by atoms with Gasteiger partial charge in [0.05, 0.1) is 0 Å². The summed E-state index contributed by atoms with van der Waals surface area (Å²) in [4.78, 5) is 0. The zero-order chi connectivity index (χ0) is 9.14. The Balaban J connectivity index is 2.82. The van der Waals surface area contributed by atoms with E-state index in [1.807, 2.05) is 12.1 Å². The van der Waals surface area contributed by atoms with Crippen LogP contribution in [0.1, 0.15) is 32.3 Å². The van der Waals surface area contributed by atoms with E-state index in [1.54, 1.807) is 0 Å². The van der Waals surface area contributed by atoms with Gasteiger partial charge in [0.15, 0.2) is 0 Å². The lowest BCUT2D eigenvalue weighted by atomic mass is 9.87. The summed E-state index contributed by atoms with van der Waals surface area (Å²) in [5, 5.41) is 0. The molecule has 12 heavy (non-hydrogen) atoms. The predicted octanol–water partition coefficient (Wildman–Crippen LogP) is 2.24. The first-order chi connectivity index (χ1) is 5.61. The van der Waals surface area contributed by atoms with Crippen LogP contribution in [0.25, 0.3) is 0 Å². The fourth-order valence-corrected chi connectivity index (χ4v) is 1.18. The van der Waals surface area contributed by atoms with E-state index in [0.717, 1.165) is 5.46 Å². The van der Waals surface area contributed by atoms with Gasteiger partial charge >= 0.3 is 0 Å². The Kier molecular flexibility index (Phi) is 2.96. The second-order valence-electron chi connectivity index (χ2n) is 3.70. The smallest absolute Gasteiger partial charge is 0.0967 e. The summed E-state index contributed by atoms with van der Waals surface area (Å²) in [7, 11) is 5.60. The van der Waals surface area contributed by atoms with E-state index in [1.165, 1.54) is 5.56 Å². The number of hydrogen-bond acceptors (Lipinski definition) is 0. The summed E-state index contributed by atoms with van der Waals surface area (Å²) in [6.07, 6.45) is 0. The summed E-state index contributed by atoms with van der Waals surface area (Å²) < 4.78 is 0. The Labute approximate surface area is 76.4 Å². The lowest BCUT2D eigenvalue weighted by Gasteiger charge is -2.15. The minimum atomic E-state index is 0.616. The molecule has 62 valence electrons. The van der Waals surface area contributed by atoms with Crippen molar-refractivity contribution in [3.8, 4) is 0 Å². The Morgan fingerprint density at radius 3 is 1.92 bits per heavy atom. The lowest BCUT2D eigenvalue weighted by molar-refractivity contribution is 0.535. The van der Waals surface area contributed by atoms with Crippen molar-refractivity contribution in [1.82, 2.24) is 0 Å². The van der Waals surface area contributed by atoms with E-state index in [-0.39, 0.29) is 0 Å². The normalized spacial score (nSPS) is 13.3. The Morgan fingerprint density at radius 2 is 1.50 bits per heavy atom. The van der Waals surface area contributed by atoms with Gasteiger partial charge < -0.3 is 0 Å². The summed E-state index contributed by atoms with van der Waals surface area (Å²) in [5.41, 5.74) is 2.22. The Hall–Kier alpha value is -0.715. The molecule has 0 saturated heterocycles. The molecule has 0 N–H and O–H groups in total. The van der Waals surface area contributed by atoms with Crippen molar-refractivity contribution in [2.75, 3.05) is 0 Å². The van der Waals surface area contributed by atoms with Crippen LogP contribution in [0, 0.1) is 5.92 Å². The van der Waals surface area contributed by atoms with Crippen molar-refractivity contribution >= 4 is 13.3 Å². The van der Waals surface area contributed by atoms with Crippen molar-refractivity contribution in [3.05, 3.63) is 29.8 Å². The first-order valence-corrected chi connectivity index (χ1v) is 4.46. The third kappa shape index (κ3) is 2.13. The van der Waals surface area contributed by atoms with Gasteiger partial charge in [-0.3, -0.25) is 0 Å². The van der Waals surface area contributed by atoms with Crippen LogP contribution in [0.15, 0.2) is 24.3 Å². The predicted molar refractivity (Wildman–Crippen MR) is 55.1 cm³/mol. The van der Waals surface area contributed by atoms with Gasteiger partial charge in [-0.25, -0.2) is 0 Å². The van der Waals surface area contributed by atoms with Gasteiger partial charge in [0.1, 0.15) is 7.85 Å². The molecule has 0 aliphatic rings. The van der Waals surface area contributed by atoms with Gasteiger partial charge in [-0.15, -0.1) is 0 Å². The highest BCUT2D eigenvalue weighted by Crippen LogP contribution is 2.22. The summed E-state index contributed by atoms with van der Waals surface area (Å²) in [6, 6.07) is 8.16. The minimum absolute atomic E-state index is 0.616. The number of hydrogen-bond donors (Lipinski definition) is 0. The molecule has 1 heteroatoms. The van der Waals surface area contributed by atoms with Gasteiger partial charge in [0.25, 0.3) is 0 Å². The van der Waals surface area contributed by atoms with Crippen LogP contribution in [0.2, 0.25) is 0 Å². The first kappa shape index (κ1) is 9.37. The largest absolute Gasteiger partial charge is 0.113 e. The molecule has 0 amide bonds. The van der Waals surface area contributed by atoms with E-state index in [2.05, 4.69) is 32.9 Å². The van der Waals surface area contributed by atoms with Crippen LogP contribution in [0.4, 0.5) is 0 Å². The molecule has 0 aromatic heterocycles. The van der Waals surface area contributed by atoms with E-state index >= 15 is 0 Å². The van der Waals surface area contributed by atoms with Gasteiger partial charge in [-0.05, 0) is 17.4 Å². The van der Waals surface area contributed by atoms with Crippen LogP contribution in [-0.4, -0.2) is 7.85 Å². The van der Waals surface area contributed by atoms with Crippen LogP contribution in [-0.2, 0) is 0 Å². The highest BCUT2D eigenvalue weighted by atomic mass is 14.1. The first-order valence-electron chi connectivity index (χ1n) is 4.46. The molecule has 0 fully saturated rings. The second-order valence-corrected chi connectivity index (χ2v) is 3.70. The maximum Gasteiger partial charge on any atom is 0.113 e. The highest BCUT2D eigenvalue weighted by molar-refractivity contribution is 6.32. The Morgan fingerprint density at radius 1 is 1.00 bits per heavy atom. The van der Waals surface area contributed by atoms with E-state index < -0.39 is 0 Å². The average Bonchev–Trinajstić information content (AvgIpc) is 2.04. The van der Waals surface area contributed by atoms with Gasteiger partial charge in [-0.1, -0.05) is 50.5 Å². The molecule has 0 nitrogen and oxygen atoms in total. The number of rotatable bonds is 2. The number of benzene rings is 1. The zero-order valence-electron chi connectivity index (χ0n) is 8.04. The van der Waals surface area contributed by atoms with Crippen LogP contribution >= 0.6 is 0 Å². The summed E-state index contributed by atoms with van der Waals surface area (Å²) >= 11 is 0. The molecule has 0 saturated carbocycles. The van der Waals surface area contributed by atoms with Crippen LogP contribution < -0.4 is 5.46 Å². The zero-order valence-corrected chi connectivity index (χ0v) is 8.04. The van der Waals surface area contributed by atoms with Gasteiger partial charge in [0.2, 0.25) is 0 Å². The standard InChI is InChI=1S/C11H15B/c1-8(2)9(3)10-4-6-11(12)7-5-10/h4-9H,1-3H3/t9-/m1/s1. The molecule has 1 rings (SSSR count). The molecule has 1 aromatic rings. The van der Waals surface area contributed by atoms with E-state index in [0.29, 0.717) is 11.8 Å². The van der Waals surface area contributed by atoms with Crippen molar-refractivity contribution in [1.29, 1.82) is 0 Å². The molecule has 0 unspecified atom stereocenters. The Bertz CT molecular complexity index is 236. The fourth-order valence-electron chi connectivity index (χ4n) is 1.18. The van der Waals surface area contributed by atoms with Crippen molar-refractivity contribution in [2.24, 2.45) is 5.92 Å². The third-order valence-electron chi connectivity index (χ3n) is 2.46. The SMILES string of the molecule is [B]c1ccc([C@H](C)C(C)C)cc1. The minimum Gasteiger partial charge on any atom is -0.0967 e. The molecule has 0 aliphatic heterocycles. The van der Waals surface area contributed by atoms with E-state index in [4.69, 9.17) is 7.85 Å². The second kappa shape index (κ2) is 3.80. The molecule has 1 aromatic carbocycles. The monoisotopic (exact) mass is 158 g/mol. The van der Waals surface area contributed by atoms with Crippen LogP contribution in [0.5, 0.6) is 0 Å². The van der Waals surface area contributed by atoms with Crippen molar-refractivity contribution in [2.45, 2.75) is 26.7 Å². The van der Waals surface area contributed by atoms with Crippen molar-refractivity contribution < 1.29 is 0 Å². The van der Waals surface area contributed by atoms with Crippen molar-refractivity contribution in [3.63, 3.8) is 0 Å². The maximum atomic E-state index is 5.60. The molecule has 2 radical (unpaired) electrons. The molecular formula is C11H15B. The maximum absolute atomic E-state index is 5.60. The van der Waals surface area contributed by atoms with Crippen LogP contribution in [0.3, 0.4) is 0 Å². The molecule has 0 heterocycles. The summed E-state index contributed by atoms with van der Waals surface area (Å²) in [5.74, 6) is 1.30. The lowest BCUT2D eigenvalue weighted by Crippen LogP contribution is -2.05. The molecule has 0 aliphatic carbocycles. The quantitative estimate of drug-likeness (QED) is 0.579. The third-order valence-corrected chi connectivity index (χ3v) is 2.46. The highest BCUT2D eigenvalue weighted by Gasteiger charge is 2.08. The summed E-state index contributed by atoms with van der Waals surface area (Å²) in [6.45, 7) is 6.72. The molecular weight excluding hydrogens is 143 g/mol. The molecule has 0 spiro atoms. The fraction of sp³-hybridized carbons (Fsp3) is 0.455.